The van der Waals surface area contributed by atoms with Crippen molar-refractivity contribution >= 4 is 33.1 Å². The van der Waals surface area contributed by atoms with Crippen molar-refractivity contribution in [1.29, 1.82) is 0 Å². The zero-order chi connectivity index (χ0) is 17.3. The van der Waals surface area contributed by atoms with Crippen LogP contribution in [0.1, 0.15) is 6.92 Å². The number of benzene rings is 2. The van der Waals surface area contributed by atoms with Gasteiger partial charge in [-0.15, -0.1) is 0 Å². The molecule has 1 N–H and O–H groups in total. The number of hydrogen-bond acceptors (Lipinski definition) is 4. The number of carbonyl (C=O) groups is 1. The molecule has 2 aromatic carbocycles. The van der Waals surface area contributed by atoms with Crippen LogP contribution in [0.4, 0.5) is 10.1 Å². The lowest BCUT2D eigenvalue weighted by Gasteiger charge is -2.14. The Morgan fingerprint density at radius 3 is 2.67 bits per heavy atom. The number of rotatable bonds is 4. The molecule has 0 radical (unpaired) electrons. The standard InChI is InChI=1S/C17H15FN2O3S/c1-10(23-13-6-3-11(18)4-7-13)16(21)19-12-5-8-14-15(9-12)24-17(22)20(14)2/h3-10H,1-2H3,(H,19,21)/t10-/m0/s1. The first-order valence-electron chi connectivity index (χ1n) is 7.27. The van der Waals surface area contributed by atoms with Crippen molar-refractivity contribution in [3.63, 3.8) is 0 Å². The summed E-state index contributed by atoms with van der Waals surface area (Å²) in [5, 5.41) is 2.75. The molecule has 1 amide bonds. The van der Waals surface area contributed by atoms with Crippen LogP contribution >= 0.6 is 11.3 Å². The molecular formula is C17H15FN2O3S. The Bertz CT molecular complexity index is 947. The molecule has 3 rings (SSSR count). The summed E-state index contributed by atoms with van der Waals surface area (Å²) in [6, 6.07) is 10.7. The average Bonchev–Trinajstić information content (AvgIpc) is 2.83. The van der Waals surface area contributed by atoms with E-state index in [-0.39, 0.29) is 16.6 Å². The van der Waals surface area contributed by atoms with E-state index in [1.165, 1.54) is 24.3 Å². The molecular weight excluding hydrogens is 331 g/mol. The number of thiazole rings is 1. The molecule has 0 unspecified atom stereocenters. The first kappa shape index (κ1) is 16.2. The normalized spacial score (nSPS) is 12.1. The van der Waals surface area contributed by atoms with Gasteiger partial charge in [-0.1, -0.05) is 11.3 Å². The predicted molar refractivity (Wildman–Crippen MR) is 92.2 cm³/mol. The van der Waals surface area contributed by atoms with Gasteiger partial charge in [0.2, 0.25) is 0 Å². The number of fused-ring (bicyclic) bond motifs is 1. The van der Waals surface area contributed by atoms with Crippen LogP contribution < -0.4 is 14.9 Å². The number of anilines is 1. The highest BCUT2D eigenvalue weighted by Crippen LogP contribution is 2.21. The van der Waals surface area contributed by atoms with Crippen molar-refractivity contribution in [2.45, 2.75) is 13.0 Å². The van der Waals surface area contributed by atoms with E-state index in [1.807, 2.05) is 0 Å². The number of aryl methyl sites for hydroxylation is 1. The summed E-state index contributed by atoms with van der Waals surface area (Å²) >= 11 is 1.12. The van der Waals surface area contributed by atoms with Gasteiger partial charge in [0.15, 0.2) is 6.10 Å². The molecule has 0 aliphatic rings. The van der Waals surface area contributed by atoms with Gasteiger partial charge in [-0.25, -0.2) is 4.39 Å². The molecule has 0 saturated carbocycles. The van der Waals surface area contributed by atoms with Crippen LogP contribution in [0, 0.1) is 5.82 Å². The maximum absolute atomic E-state index is 12.9. The van der Waals surface area contributed by atoms with Crippen LogP contribution in [-0.4, -0.2) is 16.6 Å². The molecule has 0 aliphatic heterocycles. The number of nitrogens with zero attached hydrogens (tertiary/aromatic N) is 1. The van der Waals surface area contributed by atoms with Crippen LogP contribution in [-0.2, 0) is 11.8 Å². The van der Waals surface area contributed by atoms with Gasteiger partial charge in [0.1, 0.15) is 11.6 Å². The van der Waals surface area contributed by atoms with Crippen LogP contribution in [0.25, 0.3) is 10.2 Å². The van der Waals surface area contributed by atoms with E-state index in [1.54, 1.807) is 36.7 Å². The van der Waals surface area contributed by atoms with Gasteiger partial charge in [-0.3, -0.25) is 9.59 Å². The molecule has 0 aliphatic carbocycles. The number of amides is 1. The Morgan fingerprint density at radius 1 is 1.25 bits per heavy atom. The zero-order valence-electron chi connectivity index (χ0n) is 13.1. The maximum Gasteiger partial charge on any atom is 0.307 e. The van der Waals surface area contributed by atoms with E-state index in [2.05, 4.69) is 5.32 Å². The highest BCUT2D eigenvalue weighted by Gasteiger charge is 2.15. The Kier molecular flexibility index (Phi) is 4.35. The summed E-state index contributed by atoms with van der Waals surface area (Å²) < 4.78 is 20.7. The van der Waals surface area contributed by atoms with Gasteiger partial charge in [0, 0.05) is 12.7 Å². The number of halogens is 1. The summed E-state index contributed by atoms with van der Waals surface area (Å²) in [7, 11) is 1.71. The monoisotopic (exact) mass is 346 g/mol. The zero-order valence-corrected chi connectivity index (χ0v) is 13.9. The molecule has 3 aromatic rings. The van der Waals surface area contributed by atoms with Crippen LogP contribution in [0.2, 0.25) is 0 Å². The minimum atomic E-state index is -0.749. The molecule has 0 bridgehead atoms. The quantitative estimate of drug-likeness (QED) is 0.789. The van der Waals surface area contributed by atoms with E-state index in [0.29, 0.717) is 11.4 Å². The molecule has 0 spiro atoms. The van der Waals surface area contributed by atoms with Gasteiger partial charge in [-0.05, 0) is 49.4 Å². The molecule has 1 heterocycles. The largest absolute Gasteiger partial charge is 0.481 e. The molecule has 124 valence electrons. The second-order valence-electron chi connectivity index (χ2n) is 5.31. The van der Waals surface area contributed by atoms with Crippen molar-refractivity contribution in [3.8, 4) is 5.75 Å². The van der Waals surface area contributed by atoms with Crippen LogP contribution in [0.15, 0.2) is 47.3 Å². The second-order valence-corrected chi connectivity index (χ2v) is 6.31. The van der Waals surface area contributed by atoms with E-state index >= 15 is 0 Å². The van der Waals surface area contributed by atoms with E-state index < -0.39 is 6.10 Å². The van der Waals surface area contributed by atoms with Gasteiger partial charge in [-0.2, -0.15) is 0 Å². The van der Waals surface area contributed by atoms with Crippen LogP contribution in [0.5, 0.6) is 5.75 Å². The van der Waals surface area contributed by atoms with Crippen molar-refractivity contribution in [3.05, 3.63) is 57.9 Å². The third-order valence-corrected chi connectivity index (χ3v) is 4.55. The van der Waals surface area contributed by atoms with Gasteiger partial charge in [0.25, 0.3) is 5.91 Å². The first-order chi connectivity index (χ1) is 11.4. The van der Waals surface area contributed by atoms with E-state index in [4.69, 9.17) is 4.74 Å². The molecule has 0 saturated heterocycles. The number of hydrogen-bond donors (Lipinski definition) is 1. The predicted octanol–water partition coefficient (Wildman–Crippen LogP) is 3.15. The fourth-order valence-corrected chi connectivity index (χ4v) is 3.15. The van der Waals surface area contributed by atoms with Crippen LogP contribution in [0.3, 0.4) is 0 Å². The van der Waals surface area contributed by atoms with E-state index in [9.17, 15) is 14.0 Å². The fourth-order valence-electron chi connectivity index (χ4n) is 2.23. The summed E-state index contributed by atoms with van der Waals surface area (Å²) in [4.78, 5) is 23.8. The van der Waals surface area contributed by atoms with Crippen molar-refractivity contribution in [1.82, 2.24) is 4.57 Å². The Balaban J connectivity index is 1.71. The van der Waals surface area contributed by atoms with Gasteiger partial charge in [0.05, 0.1) is 10.2 Å². The number of carbonyl (C=O) groups excluding carboxylic acids is 1. The molecule has 24 heavy (non-hydrogen) atoms. The second kappa shape index (κ2) is 6.45. The van der Waals surface area contributed by atoms with Crippen molar-refractivity contribution in [2.24, 2.45) is 7.05 Å². The summed E-state index contributed by atoms with van der Waals surface area (Å²) in [5.41, 5.74) is 1.41. The lowest BCUT2D eigenvalue weighted by atomic mass is 10.2. The number of aromatic nitrogens is 1. The van der Waals surface area contributed by atoms with Crippen molar-refractivity contribution < 1.29 is 13.9 Å². The third kappa shape index (κ3) is 3.30. The molecule has 0 fully saturated rings. The number of nitrogens with one attached hydrogen (secondary N) is 1. The summed E-state index contributed by atoms with van der Waals surface area (Å²) in [5.74, 6) is -0.285. The SMILES string of the molecule is C[C@H](Oc1ccc(F)cc1)C(=O)Nc1ccc2c(c1)sc(=O)n2C. The molecule has 7 heteroatoms. The minimum absolute atomic E-state index is 0.0542. The highest BCUT2D eigenvalue weighted by molar-refractivity contribution is 7.16. The average molecular weight is 346 g/mol. The van der Waals surface area contributed by atoms with Crippen molar-refractivity contribution in [2.75, 3.05) is 5.32 Å². The topological polar surface area (TPSA) is 60.3 Å². The Morgan fingerprint density at radius 2 is 1.96 bits per heavy atom. The van der Waals surface area contributed by atoms with E-state index in [0.717, 1.165) is 21.6 Å². The Labute approximate surface area is 141 Å². The fraction of sp³-hybridized carbons (Fsp3) is 0.176. The molecule has 1 aromatic heterocycles. The lowest BCUT2D eigenvalue weighted by molar-refractivity contribution is -0.122. The lowest BCUT2D eigenvalue weighted by Crippen LogP contribution is -2.30. The maximum atomic E-state index is 12.9. The first-order valence-corrected chi connectivity index (χ1v) is 8.08. The highest BCUT2D eigenvalue weighted by atomic mass is 32.1. The third-order valence-electron chi connectivity index (χ3n) is 3.56. The summed E-state index contributed by atoms with van der Waals surface area (Å²) in [6.07, 6.45) is -0.749. The minimum Gasteiger partial charge on any atom is -0.481 e. The van der Waals surface area contributed by atoms with Gasteiger partial charge < -0.3 is 14.6 Å². The summed E-state index contributed by atoms with van der Waals surface area (Å²) in [6.45, 7) is 1.61. The smallest absolute Gasteiger partial charge is 0.307 e. The number of ether oxygens (including phenoxy) is 1. The Hall–Kier alpha value is -2.67. The molecule has 5 nitrogen and oxygen atoms in total. The molecule has 1 atom stereocenters. The van der Waals surface area contributed by atoms with Gasteiger partial charge >= 0.3 is 4.87 Å².